The average Bonchev–Trinajstić information content (AvgIpc) is 2.99. The van der Waals surface area contributed by atoms with E-state index in [0.717, 1.165) is 12.0 Å². The quantitative estimate of drug-likeness (QED) is 0.776. The fraction of sp³-hybridized carbons (Fsp3) is 0.0556. The minimum Gasteiger partial charge on any atom is -0.475 e. The Labute approximate surface area is 122 Å². The Kier molecular flexibility index (Phi) is 3.56. The molecule has 0 fully saturated rings. The summed E-state index contributed by atoms with van der Waals surface area (Å²) in [6.45, 7) is 0. The van der Waals surface area contributed by atoms with Crippen LogP contribution < -0.4 is 0 Å². The number of furan rings is 1. The average molecular weight is 278 g/mol. The molecule has 0 atom stereocenters. The Hall–Kier alpha value is -2.81. The first kappa shape index (κ1) is 13.2. The molecule has 2 aromatic carbocycles. The van der Waals surface area contributed by atoms with Crippen LogP contribution >= 0.6 is 0 Å². The normalized spacial score (nSPS) is 10.5. The third kappa shape index (κ3) is 3.03. The van der Waals surface area contributed by atoms with Gasteiger partial charge < -0.3 is 9.52 Å². The van der Waals surface area contributed by atoms with Crippen molar-refractivity contribution in [2.75, 3.05) is 0 Å². The minimum atomic E-state index is -1.05. The summed E-state index contributed by atoms with van der Waals surface area (Å²) in [6, 6.07) is 21.4. The number of hydrogen-bond donors (Lipinski definition) is 1. The molecule has 3 aromatic rings. The van der Waals surface area contributed by atoms with E-state index in [-0.39, 0.29) is 5.76 Å². The van der Waals surface area contributed by atoms with E-state index >= 15 is 0 Å². The summed E-state index contributed by atoms with van der Waals surface area (Å²) < 4.78 is 5.29. The Bertz CT molecular complexity index is 740. The Morgan fingerprint density at radius 3 is 2.14 bits per heavy atom. The molecule has 3 nitrogen and oxygen atoms in total. The van der Waals surface area contributed by atoms with E-state index in [4.69, 9.17) is 9.52 Å². The van der Waals surface area contributed by atoms with Crippen LogP contribution in [-0.2, 0) is 6.42 Å². The lowest BCUT2D eigenvalue weighted by atomic mass is 10.0. The zero-order valence-corrected chi connectivity index (χ0v) is 11.3. The predicted molar refractivity (Wildman–Crippen MR) is 80.4 cm³/mol. The molecule has 21 heavy (non-hydrogen) atoms. The van der Waals surface area contributed by atoms with E-state index in [2.05, 4.69) is 12.1 Å². The van der Waals surface area contributed by atoms with Gasteiger partial charge in [-0.05, 0) is 29.7 Å². The highest BCUT2D eigenvalue weighted by Gasteiger charge is 2.10. The minimum absolute atomic E-state index is 0.0432. The molecule has 1 heterocycles. The van der Waals surface area contributed by atoms with E-state index in [1.807, 2.05) is 42.5 Å². The summed E-state index contributed by atoms with van der Waals surface area (Å²) in [7, 11) is 0. The first-order valence-corrected chi connectivity index (χ1v) is 6.69. The molecule has 0 radical (unpaired) electrons. The van der Waals surface area contributed by atoms with Crippen molar-refractivity contribution in [1.82, 2.24) is 0 Å². The largest absolute Gasteiger partial charge is 0.475 e. The van der Waals surface area contributed by atoms with Crippen LogP contribution in [0, 0.1) is 0 Å². The van der Waals surface area contributed by atoms with Crippen molar-refractivity contribution in [1.29, 1.82) is 0 Å². The predicted octanol–water partition coefficient (Wildman–Crippen LogP) is 4.24. The van der Waals surface area contributed by atoms with Crippen molar-refractivity contribution < 1.29 is 14.3 Å². The number of hydrogen-bond acceptors (Lipinski definition) is 2. The van der Waals surface area contributed by atoms with E-state index < -0.39 is 5.97 Å². The summed E-state index contributed by atoms with van der Waals surface area (Å²) in [4.78, 5) is 10.8. The number of carboxylic acid groups (broad SMARTS) is 1. The summed E-state index contributed by atoms with van der Waals surface area (Å²) in [5.74, 6) is -0.529. The number of carbonyl (C=O) groups is 1. The molecule has 0 aliphatic carbocycles. The molecular formula is C18H14O3. The number of carboxylic acids is 1. The lowest BCUT2D eigenvalue weighted by Crippen LogP contribution is -1.91. The molecule has 0 bridgehead atoms. The first-order chi connectivity index (χ1) is 10.2. The van der Waals surface area contributed by atoms with Crippen LogP contribution in [0.15, 0.2) is 71.1 Å². The summed E-state index contributed by atoms with van der Waals surface area (Å²) >= 11 is 0. The number of rotatable bonds is 4. The second-order valence-electron chi connectivity index (χ2n) is 4.83. The zero-order valence-electron chi connectivity index (χ0n) is 11.3. The Morgan fingerprint density at radius 1 is 0.857 bits per heavy atom. The fourth-order valence-corrected chi connectivity index (χ4v) is 2.23. The molecule has 3 rings (SSSR count). The zero-order chi connectivity index (χ0) is 14.7. The fourth-order valence-electron chi connectivity index (χ4n) is 2.23. The molecule has 0 amide bonds. The SMILES string of the molecule is O=C(O)c1ccc(-c2ccc(Cc3ccccc3)cc2)o1. The van der Waals surface area contributed by atoms with Gasteiger partial charge in [-0.15, -0.1) is 0 Å². The molecule has 0 unspecified atom stereocenters. The van der Waals surface area contributed by atoms with Gasteiger partial charge in [-0.2, -0.15) is 0 Å². The highest BCUT2D eigenvalue weighted by Crippen LogP contribution is 2.23. The van der Waals surface area contributed by atoms with Gasteiger partial charge in [-0.25, -0.2) is 4.79 Å². The highest BCUT2D eigenvalue weighted by atomic mass is 16.4. The molecule has 104 valence electrons. The van der Waals surface area contributed by atoms with Gasteiger partial charge in [-0.1, -0.05) is 54.6 Å². The Balaban J connectivity index is 1.78. The maximum absolute atomic E-state index is 10.8. The van der Waals surface area contributed by atoms with Crippen molar-refractivity contribution in [3.05, 3.63) is 83.6 Å². The lowest BCUT2D eigenvalue weighted by molar-refractivity contribution is 0.0663. The standard InChI is InChI=1S/C18H14O3/c19-18(20)17-11-10-16(21-17)15-8-6-14(7-9-15)12-13-4-2-1-3-5-13/h1-11H,12H2,(H,19,20). The molecule has 3 heteroatoms. The van der Waals surface area contributed by atoms with Crippen LogP contribution in [0.1, 0.15) is 21.7 Å². The van der Waals surface area contributed by atoms with Crippen molar-refractivity contribution in [3.63, 3.8) is 0 Å². The van der Waals surface area contributed by atoms with E-state index in [1.54, 1.807) is 6.07 Å². The second kappa shape index (κ2) is 5.67. The molecule has 0 spiro atoms. The second-order valence-corrected chi connectivity index (χ2v) is 4.83. The van der Waals surface area contributed by atoms with Gasteiger partial charge in [0.15, 0.2) is 0 Å². The van der Waals surface area contributed by atoms with Crippen LogP contribution in [0.4, 0.5) is 0 Å². The van der Waals surface area contributed by atoms with Gasteiger partial charge in [0.05, 0.1) is 0 Å². The highest BCUT2D eigenvalue weighted by molar-refractivity contribution is 5.85. The first-order valence-electron chi connectivity index (χ1n) is 6.69. The van der Waals surface area contributed by atoms with E-state index in [0.29, 0.717) is 5.76 Å². The molecule has 1 N–H and O–H groups in total. The molecule has 0 aliphatic heterocycles. The maximum atomic E-state index is 10.8. The Morgan fingerprint density at radius 2 is 1.52 bits per heavy atom. The van der Waals surface area contributed by atoms with Crippen LogP contribution in [-0.4, -0.2) is 11.1 Å². The van der Waals surface area contributed by atoms with Crippen LogP contribution in [0.2, 0.25) is 0 Å². The van der Waals surface area contributed by atoms with Gasteiger partial charge >= 0.3 is 5.97 Å². The summed E-state index contributed by atoms with van der Waals surface area (Å²) in [5, 5.41) is 8.86. The van der Waals surface area contributed by atoms with Crippen molar-refractivity contribution >= 4 is 5.97 Å². The molecular weight excluding hydrogens is 264 g/mol. The third-order valence-corrected chi connectivity index (χ3v) is 3.31. The van der Waals surface area contributed by atoms with Gasteiger partial charge in [-0.3, -0.25) is 0 Å². The van der Waals surface area contributed by atoms with E-state index in [1.165, 1.54) is 17.2 Å². The molecule has 0 saturated heterocycles. The van der Waals surface area contributed by atoms with Crippen LogP contribution in [0.3, 0.4) is 0 Å². The smallest absolute Gasteiger partial charge is 0.371 e. The summed E-state index contributed by atoms with van der Waals surface area (Å²) in [5.41, 5.74) is 3.34. The van der Waals surface area contributed by atoms with Gasteiger partial charge in [0.25, 0.3) is 0 Å². The molecule has 0 aliphatic rings. The molecule has 0 saturated carbocycles. The molecule has 1 aromatic heterocycles. The number of aromatic carboxylic acids is 1. The van der Waals surface area contributed by atoms with Crippen molar-refractivity contribution in [2.24, 2.45) is 0 Å². The summed E-state index contributed by atoms with van der Waals surface area (Å²) in [6.07, 6.45) is 0.875. The van der Waals surface area contributed by atoms with Gasteiger partial charge in [0, 0.05) is 5.56 Å². The monoisotopic (exact) mass is 278 g/mol. The maximum Gasteiger partial charge on any atom is 0.371 e. The topological polar surface area (TPSA) is 50.4 Å². The number of benzene rings is 2. The van der Waals surface area contributed by atoms with Crippen molar-refractivity contribution in [3.8, 4) is 11.3 Å². The van der Waals surface area contributed by atoms with Crippen LogP contribution in [0.25, 0.3) is 11.3 Å². The third-order valence-electron chi connectivity index (χ3n) is 3.31. The van der Waals surface area contributed by atoms with Gasteiger partial charge in [0.1, 0.15) is 5.76 Å². The lowest BCUT2D eigenvalue weighted by Gasteiger charge is -2.03. The van der Waals surface area contributed by atoms with Crippen LogP contribution in [0.5, 0.6) is 0 Å². The van der Waals surface area contributed by atoms with E-state index in [9.17, 15) is 4.79 Å². The van der Waals surface area contributed by atoms with Crippen molar-refractivity contribution in [2.45, 2.75) is 6.42 Å². The van der Waals surface area contributed by atoms with Gasteiger partial charge in [0.2, 0.25) is 5.76 Å².